The van der Waals surface area contributed by atoms with Crippen molar-refractivity contribution in [2.45, 2.75) is 19.8 Å². The van der Waals surface area contributed by atoms with E-state index in [9.17, 15) is 0 Å². The van der Waals surface area contributed by atoms with Gasteiger partial charge in [-0.2, -0.15) is 0 Å². The molecule has 0 saturated heterocycles. The third kappa shape index (κ3) is 1.57. The summed E-state index contributed by atoms with van der Waals surface area (Å²) in [6.45, 7) is 5.44. The van der Waals surface area contributed by atoms with Crippen molar-refractivity contribution in [2.24, 2.45) is 17.1 Å². The quantitative estimate of drug-likeness (QED) is 0.831. The molecule has 2 atom stereocenters. The Morgan fingerprint density at radius 3 is 2.41 bits per heavy atom. The second kappa shape index (κ2) is 3.58. The van der Waals surface area contributed by atoms with Crippen LogP contribution < -0.4 is 5.73 Å². The van der Waals surface area contributed by atoms with Gasteiger partial charge in [0.05, 0.1) is 0 Å². The van der Waals surface area contributed by atoms with Crippen molar-refractivity contribution in [1.82, 2.24) is 0 Å². The van der Waals surface area contributed by atoms with Crippen LogP contribution in [0.1, 0.15) is 25.3 Å². The monoisotopic (exact) mass is 225 g/mol. The molecule has 0 spiro atoms. The molecule has 1 saturated carbocycles. The molecule has 1 heteroatoms. The van der Waals surface area contributed by atoms with Gasteiger partial charge in [-0.3, -0.25) is 0 Å². The SMILES string of the molecule is CC1(C)C(CN)C1c1ccc2ccccc2c1. The van der Waals surface area contributed by atoms with Gasteiger partial charge in [0.2, 0.25) is 0 Å². The number of hydrogen-bond acceptors (Lipinski definition) is 1. The molecular formula is C16H19N. The van der Waals surface area contributed by atoms with Crippen molar-refractivity contribution < 1.29 is 0 Å². The van der Waals surface area contributed by atoms with Crippen molar-refractivity contribution in [1.29, 1.82) is 0 Å². The van der Waals surface area contributed by atoms with E-state index in [1.54, 1.807) is 0 Å². The van der Waals surface area contributed by atoms with Gasteiger partial charge in [0, 0.05) is 0 Å². The van der Waals surface area contributed by atoms with E-state index in [0.29, 0.717) is 17.3 Å². The predicted octanol–water partition coefficient (Wildman–Crippen LogP) is 3.54. The highest BCUT2D eigenvalue weighted by Gasteiger charge is 2.57. The largest absolute Gasteiger partial charge is 0.330 e. The summed E-state index contributed by atoms with van der Waals surface area (Å²) in [5.41, 5.74) is 7.67. The molecule has 2 N–H and O–H groups in total. The molecule has 0 amide bonds. The van der Waals surface area contributed by atoms with Crippen LogP contribution in [0.25, 0.3) is 10.8 Å². The minimum Gasteiger partial charge on any atom is -0.330 e. The van der Waals surface area contributed by atoms with Crippen LogP contribution in [0.4, 0.5) is 0 Å². The predicted molar refractivity (Wildman–Crippen MR) is 73.0 cm³/mol. The normalized spacial score (nSPS) is 26.1. The molecule has 1 fully saturated rings. The second-order valence-electron chi connectivity index (χ2n) is 5.75. The summed E-state index contributed by atoms with van der Waals surface area (Å²) in [6, 6.07) is 15.4. The average Bonchev–Trinajstić information content (AvgIpc) is 2.90. The molecule has 2 aromatic carbocycles. The number of benzene rings is 2. The molecular weight excluding hydrogens is 206 g/mol. The Morgan fingerprint density at radius 2 is 1.76 bits per heavy atom. The Balaban J connectivity index is 2.03. The van der Waals surface area contributed by atoms with Crippen molar-refractivity contribution in [2.75, 3.05) is 6.54 Å². The van der Waals surface area contributed by atoms with E-state index >= 15 is 0 Å². The molecule has 17 heavy (non-hydrogen) atoms. The molecule has 1 aliphatic rings. The molecule has 2 unspecified atom stereocenters. The Labute approximate surface area is 103 Å². The molecule has 0 aromatic heterocycles. The number of nitrogens with two attached hydrogens (primary N) is 1. The highest BCUT2D eigenvalue weighted by molar-refractivity contribution is 5.83. The lowest BCUT2D eigenvalue weighted by Gasteiger charge is -2.05. The molecule has 0 radical (unpaired) electrons. The summed E-state index contributed by atoms with van der Waals surface area (Å²) in [4.78, 5) is 0. The third-order valence-corrected chi connectivity index (χ3v) is 4.44. The first kappa shape index (κ1) is 10.8. The van der Waals surface area contributed by atoms with Gasteiger partial charge in [-0.25, -0.2) is 0 Å². The lowest BCUT2D eigenvalue weighted by molar-refractivity contribution is 0.558. The van der Waals surface area contributed by atoms with Gasteiger partial charge < -0.3 is 5.73 Å². The second-order valence-corrected chi connectivity index (χ2v) is 5.75. The summed E-state index contributed by atoms with van der Waals surface area (Å²) in [7, 11) is 0. The molecule has 2 aromatic rings. The van der Waals surface area contributed by atoms with Crippen LogP contribution in [-0.2, 0) is 0 Å². The van der Waals surface area contributed by atoms with Crippen LogP contribution in [0.2, 0.25) is 0 Å². The molecule has 3 rings (SSSR count). The standard InChI is InChI=1S/C16H19N/c1-16(2)14(10-17)15(16)13-8-7-11-5-3-4-6-12(11)9-13/h3-9,14-15H,10,17H2,1-2H3. The highest BCUT2D eigenvalue weighted by Crippen LogP contribution is 2.63. The smallest absolute Gasteiger partial charge is 0.00375 e. The minimum atomic E-state index is 0.372. The topological polar surface area (TPSA) is 26.0 Å². The zero-order valence-corrected chi connectivity index (χ0v) is 10.5. The third-order valence-electron chi connectivity index (χ3n) is 4.44. The van der Waals surface area contributed by atoms with E-state index in [0.717, 1.165) is 6.54 Å². The van der Waals surface area contributed by atoms with E-state index in [4.69, 9.17) is 5.73 Å². The van der Waals surface area contributed by atoms with E-state index in [2.05, 4.69) is 56.3 Å². The molecule has 88 valence electrons. The zero-order chi connectivity index (χ0) is 12.0. The summed E-state index contributed by atoms with van der Waals surface area (Å²) >= 11 is 0. The van der Waals surface area contributed by atoms with Gasteiger partial charge in [0.1, 0.15) is 0 Å². The molecule has 1 nitrogen and oxygen atoms in total. The fraction of sp³-hybridized carbons (Fsp3) is 0.375. The van der Waals surface area contributed by atoms with Gasteiger partial charge in [0.25, 0.3) is 0 Å². The van der Waals surface area contributed by atoms with Gasteiger partial charge in [-0.15, -0.1) is 0 Å². The zero-order valence-electron chi connectivity index (χ0n) is 10.5. The van der Waals surface area contributed by atoms with Crippen LogP contribution in [0, 0.1) is 11.3 Å². The fourth-order valence-electron chi connectivity index (χ4n) is 3.25. The molecule has 1 aliphatic carbocycles. The number of fused-ring (bicyclic) bond motifs is 1. The maximum absolute atomic E-state index is 5.85. The van der Waals surface area contributed by atoms with Crippen molar-refractivity contribution in [3.05, 3.63) is 48.0 Å². The summed E-state index contributed by atoms with van der Waals surface area (Å²) < 4.78 is 0. The van der Waals surface area contributed by atoms with Crippen LogP contribution in [0.15, 0.2) is 42.5 Å². The average molecular weight is 225 g/mol. The first-order chi connectivity index (χ1) is 8.14. The van der Waals surface area contributed by atoms with E-state index in [1.807, 2.05) is 0 Å². The van der Waals surface area contributed by atoms with Crippen molar-refractivity contribution in [3.63, 3.8) is 0 Å². The molecule has 0 heterocycles. The lowest BCUT2D eigenvalue weighted by Crippen LogP contribution is -2.05. The first-order valence-electron chi connectivity index (χ1n) is 6.33. The summed E-state index contributed by atoms with van der Waals surface area (Å²) in [6.07, 6.45) is 0. The highest BCUT2D eigenvalue weighted by atomic mass is 14.7. The van der Waals surface area contributed by atoms with Gasteiger partial charge in [-0.1, -0.05) is 56.3 Å². The Hall–Kier alpha value is -1.34. The Bertz CT molecular complexity index is 556. The lowest BCUT2D eigenvalue weighted by atomic mass is 10.00. The maximum atomic E-state index is 5.85. The molecule has 0 aliphatic heterocycles. The van der Waals surface area contributed by atoms with Crippen LogP contribution in [-0.4, -0.2) is 6.54 Å². The van der Waals surface area contributed by atoms with Gasteiger partial charge in [-0.05, 0) is 40.1 Å². The summed E-state index contributed by atoms with van der Waals surface area (Å²) in [5.74, 6) is 1.28. The van der Waals surface area contributed by atoms with E-state index in [-0.39, 0.29) is 0 Å². The fourth-order valence-corrected chi connectivity index (χ4v) is 3.25. The van der Waals surface area contributed by atoms with Crippen molar-refractivity contribution in [3.8, 4) is 0 Å². The minimum absolute atomic E-state index is 0.372. The molecule has 0 bridgehead atoms. The van der Waals surface area contributed by atoms with E-state index in [1.165, 1.54) is 16.3 Å². The Kier molecular flexibility index (Phi) is 2.27. The van der Waals surface area contributed by atoms with Crippen LogP contribution in [0.5, 0.6) is 0 Å². The Morgan fingerprint density at radius 1 is 1.06 bits per heavy atom. The summed E-state index contributed by atoms with van der Waals surface area (Å²) in [5, 5.41) is 2.66. The number of rotatable bonds is 2. The van der Waals surface area contributed by atoms with Gasteiger partial charge in [0.15, 0.2) is 0 Å². The number of hydrogen-bond donors (Lipinski definition) is 1. The maximum Gasteiger partial charge on any atom is -0.00375 e. The van der Waals surface area contributed by atoms with E-state index < -0.39 is 0 Å². The van der Waals surface area contributed by atoms with Gasteiger partial charge >= 0.3 is 0 Å². The van der Waals surface area contributed by atoms with Crippen LogP contribution >= 0.6 is 0 Å². The first-order valence-corrected chi connectivity index (χ1v) is 6.33. The van der Waals surface area contributed by atoms with Crippen LogP contribution in [0.3, 0.4) is 0 Å². The van der Waals surface area contributed by atoms with Crippen molar-refractivity contribution >= 4 is 10.8 Å².